The van der Waals surface area contributed by atoms with Crippen molar-refractivity contribution < 1.29 is 23.1 Å². The second kappa shape index (κ2) is 8.15. The maximum atomic E-state index is 11.8. The summed E-state index contributed by atoms with van der Waals surface area (Å²) >= 11 is 0. The fourth-order valence-electron chi connectivity index (χ4n) is 1.95. The summed E-state index contributed by atoms with van der Waals surface area (Å²) in [6, 6.07) is -0.204. The Morgan fingerprint density at radius 1 is 1.14 bits per heavy atom. The summed E-state index contributed by atoms with van der Waals surface area (Å²) in [4.78, 5) is 25.8. The molecule has 0 aromatic carbocycles. The number of nitrogens with zero attached hydrogens (tertiary/aromatic N) is 2. The predicted molar refractivity (Wildman–Crippen MR) is 76.5 cm³/mol. The van der Waals surface area contributed by atoms with E-state index in [4.69, 9.17) is 5.11 Å². The second-order valence-corrected chi connectivity index (χ2v) is 6.74. The van der Waals surface area contributed by atoms with E-state index < -0.39 is 16.0 Å². The number of hydrogen-bond acceptors (Lipinski definition) is 5. The monoisotopic (exact) mass is 322 g/mol. The summed E-state index contributed by atoms with van der Waals surface area (Å²) in [5.41, 5.74) is 0. The smallest absolute Gasteiger partial charge is 0.317 e. The number of carboxylic acid groups (broad SMARTS) is 1. The largest absolute Gasteiger partial charge is 0.480 e. The summed E-state index contributed by atoms with van der Waals surface area (Å²) in [5.74, 6) is -0.869. The molecular formula is C11H22N4O5S. The van der Waals surface area contributed by atoms with E-state index in [0.717, 1.165) is 6.26 Å². The van der Waals surface area contributed by atoms with E-state index in [-0.39, 0.29) is 19.1 Å². The molecule has 0 aromatic rings. The molecule has 0 atom stereocenters. The Morgan fingerprint density at radius 2 is 1.76 bits per heavy atom. The molecule has 0 bridgehead atoms. The van der Waals surface area contributed by atoms with E-state index in [2.05, 4.69) is 10.0 Å². The maximum absolute atomic E-state index is 11.8. The minimum Gasteiger partial charge on any atom is -0.480 e. The number of urea groups is 1. The number of nitrogens with one attached hydrogen (secondary N) is 2. The Bertz CT molecular complexity index is 459. The highest BCUT2D eigenvalue weighted by molar-refractivity contribution is 7.88. The van der Waals surface area contributed by atoms with E-state index >= 15 is 0 Å². The first kappa shape index (κ1) is 17.7. The number of sulfonamides is 1. The number of rotatable bonds is 7. The molecule has 0 aliphatic carbocycles. The summed E-state index contributed by atoms with van der Waals surface area (Å²) in [5, 5.41) is 11.4. The molecule has 0 aromatic heterocycles. The SMILES string of the molecule is CS(=O)(=O)NCCCNC(=O)N1CCN(CC(=O)O)CC1. The molecular weight excluding hydrogens is 300 g/mol. The van der Waals surface area contributed by atoms with Gasteiger partial charge in [-0.25, -0.2) is 17.9 Å². The van der Waals surface area contributed by atoms with Crippen LogP contribution in [0.2, 0.25) is 0 Å². The van der Waals surface area contributed by atoms with Gasteiger partial charge in [0.1, 0.15) is 0 Å². The quantitative estimate of drug-likeness (QED) is 0.483. The van der Waals surface area contributed by atoms with Crippen molar-refractivity contribution in [2.75, 3.05) is 52.1 Å². The number of piperazine rings is 1. The van der Waals surface area contributed by atoms with Crippen LogP contribution in [0.3, 0.4) is 0 Å². The molecule has 1 aliphatic heterocycles. The first-order valence-corrected chi connectivity index (χ1v) is 8.58. The van der Waals surface area contributed by atoms with Gasteiger partial charge in [-0.2, -0.15) is 0 Å². The average Bonchev–Trinajstić information content (AvgIpc) is 2.37. The number of aliphatic carboxylic acids is 1. The van der Waals surface area contributed by atoms with Gasteiger partial charge in [0.2, 0.25) is 10.0 Å². The highest BCUT2D eigenvalue weighted by Gasteiger charge is 2.21. The van der Waals surface area contributed by atoms with Crippen molar-refractivity contribution in [2.24, 2.45) is 0 Å². The third kappa shape index (κ3) is 7.83. The molecule has 122 valence electrons. The topological polar surface area (TPSA) is 119 Å². The van der Waals surface area contributed by atoms with E-state index in [0.29, 0.717) is 39.1 Å². The standard InChI is InChI=1S/C11H22N4O5S/c1-21(19,20)13-4-2-3-12-11(18)15-7-5-14(6-8-15)9-10(16)17/h13H,2-9H2,1H3,(H,12,18)(H,16,17). The van der Waals surface area contributed by atoms with Gasteiger partial charge in [0.25, 0.3) is 0 Å². The zero-order valence-electron chi connectivity index (χ0n) is 12.0. The van der Waals surface area contributed by atoms with Crippen molar-refractivity contribution in [2.45, 2.75) is 6.42 Å². The number of carbonyl (C=O) groups excluding carboxylic acids is 1. The van der Waals surface area contributed by atoms with Gasteiger partial charge in [0.15, 0.2) is 0 Å². The van der Waals surface area contributed by atoms with Crippen molar-refractivity contribution in [3.05, 3.63) is 0 Å². The van der Waals surface area contributed by atoms with Crippen LogP contribution >= 0.6 is 0 Å². The van der Waals surface area contributed by atoms with Gasteiger partial charge >= 0.3 is 12.0 Å². The lowest BCUT2D eigenvalue weighted by molar-refractivity contribution is -0.138. The van der Waals surface area contributed by atoms with Gasteiger partial charge in [-0.3, -0.25) is 9.69 Å². The normalized spacial score (nSPS) is 16.7. The van der Waals surface area contributed by atoms with Crippen LogP contribution in [0, 0.1) is 0 Å². The molecule has 0 spiro atoms. The lowest BCUT2D eigenvalue weighted by Crippen LogP contribution is -2.52. The van der Waals surface area contributed by atoms with Crippen molar-refractivity contribution >= 4 is 22.0 Å². The van der Waals surface area contributed by atoms with Gasteiger partial charge < -0.3 is 15.3 Å². The van der Waals surface area contributed by atoms with E-state index in [1.54, 1.807) is 9.80 Å². The van der Waals surface area contributed by atoms with Gasteiger partial charge in [0.05, 0.1) is 12.8 Å². The number of carboxylic acids is 1. The molecule has 0 saturated carbocycles. The van der Waals surface area contributed by atoms with Crippen LogP contribution in [0.4, 0.5) is 4.79 Å². The summed E-state index contributed by atoms with van der Waals surface area (Å²) < 4.78 is 24.0. The molecule has 3 N–H and O–H groups in total. The summed E-state index contributed by atoms with van der Waals surface area (Å²) in [6.07, 6.45) is 1.60. The van der Waals surface area contributed by atoms with Crippen molar-refractivity contribution in [1.29, 1.82) is 0 Å². The maximum Gasteiger partial charge on any atom is 0.317 e. The molecule has 0 radical (unpaired) electrons. The highest BCUT2D eigenvalue weighted by atomic mass is 32.2. The summed E-state index contributed by atoms with van der Waals surface area (Å²) in [6.45, 7) is 2.71. The zero-order valence-corrected chi connectivity index (χ0v) is 12.9. The van der Waals surface area contributed by atoms with Gasteiger partial charge in [-0.05, 0) is 6.42 Å². The Kier molecular flexibility index (Phi) is 6.85. The number of carbonyl (C=O) groups is 2. The molecule has 1 fully saturated rings. The van der Waals surface area contributed by atoms with Crippen LogP contribution in [0.5, 0.6) is 0 Å². The van der Waals surface area contributed by atoms with Gasteiger partial charge in [-0.1, -0.05) is 0 Å². The third-order valence-electron chi connectivity index (χ3n) is 3.01. The first-order valence-electron chi connectivity index (χ1n) is 6.69. The van der Waals surface area contributed by atoms with Crippen LogP contribution in [0.1, 0.15) is 6.42 Å². The van der Waals surface area contributed by atoms with Crippen LogP contribution < -0.4 is 10.0 Å². The molecule has 9 nitrogen and oxygen atoms in total. The molecule has 1 heterocycles. The minimum atomic E-state index is -3.19. The Hall–Kier alpha value is -1.39. The lowest BCUT2D eigenvalue weighted by Gasteiger charge is -2.33. The lowest BCUT2D eigenvalue weighted by atomic mass is 10.3. The highest BCUT2D eigenvalue weighted by Crippen LogP contribution is 2.01. The van der Waals surface area contributed by atoms with Crippen molar-refractivity contribution in [3.8, 4) is 0 Å². The van der Waals surface area contributed by atoms with Crippen LogP contribution in [0.15, 0.2) is 0 Å². The fourth-order valence-corrected chi connectivity index (χ4v) is 2.47. The molecule has 0 unspecified atom stereocenters. The molecule has 21 heavy (non-hydrogen) atoms. The summed E-state index contributed by atoms with van der Waals surface area (Å²) in [7, 11) is -3.19. The van der Waals surface area contributed by atoms with Gasteiger partial charge in [0, 0.05) is 39.3 Å². The first-order chi connectivity index (χ1) is 9.78. The van der Waals surface area contributed by atoms with Crippen LogP contribution in [0.25, 0.3) is 0 Å². The molecule has 10 heteroatoms. The Labute approximate surface area is 124 Å². The number of hydrogen-bond donors (Lipinski definition) is 3. The van der Waals surface area contributed by atoms with Crippen LogP contribution in [-0.2, 0) is 14.8 Å². The van der Waals surface area contributed by atoms with Crippen molar-refractivity contribution in [1.82, 2.24) is 19.8 Å². The Balaban J connectivity index is 2.15. The molecule has 1 rings (SSSR count). The predicted octanol–water partition coefficient (Wildman–Crippen LogP) is -1.66. The molecule has 2 amide bonds. The third-order valence-corrected chi connectivity index (χ3v) is 3.74. The number of amides is 2. The molecule has 1 saturated heterocycles. The van der Waals surface area contributed by atoms with Crippen molar-refractivity contribution in [3.63, 3.8) is 0 Å². The average molecular weight is 322 g/mol. The Morgan fingerprint density at radius 3 is 2.29 bits per heavy atom. The van der Waals surface area contributed by atoms with Crippen LogP contribution in [-0.4, -0.2) is 87.4 Å². The zero-order chi connectivity index (χ0) is 15.9. The van der Waals surface area contributed by atoms with Gasteiger partial charge in [-0.15, -0.1) is 0 Å². The minimum absolute atomic E-state index is 0.00732. The van der Waals surface area contributed by atoms with E-state index in [9.17, 15) is 18.0 Å². The second-order valence-electron chi connectivity index (χ2n) is 4.91. The molecule has 1 aliphatic rings. The fraction of sp³-hybridized carbons (Fsp3) is 0.818. The van der Waals surface area contributed by atoms with E-state index in [1.165, 1.54) is 0 Å². The van der Waals surface area contributed by atoms with E-state index in [1.807, 2.05) is 0 Å².